The van der Waals surface area contributed by atoms with Crippen LogP contribution < -0.4 is 15.4 Å². The number of rotatable bonds is 5. The largest absolute Gasteiger partial charge is 0.453 e. The summed E-state index contributed by atoms with van der Waals surface area (Å²) >= 11 is 1.49. The minimum absolute atomic E-state index is 0. The summed E-state index contributed by atoms with van der Waals surface area (Å²) < 4.78 is 21.2. The number of aromatic nitrogens is 1. The van der Waals surface area contributed by atoms with E-state index in [2.05, 4.69) is 40.9 Å². The number of carbonyl (C=O) groups is 1. The lowest BCUT2D eigenvalue weighted by atomic mass is 10.1. The molecule has 166 valence electrons. The second kappa shape index (κ2) is 9.62. The number of ether oxygens (including phenoxy) is 1. The Bertz CT molecular complexity index is 1240. The van der Waals surface area contributed by atoms with Gasteiger partial charge in [0.25, 0.3) is 0 Å². The van der Waals surface area contributed by atoms with Crippen molar-refractivity contribution in [2.75, 3.05) is 5.32 Å². The molecule has 1 aliphatic rings. The third kappa shape index (κ3) is 4.78. The van der Waals surface area contributed by atoms with Gasteiger partial charge in [-0.1, -0.05) is 30.3 Å². The molecule has 1 fully saturated rings. The topological polar surface area (TPSA) is 63.2 Å². The molecular formula is C25H26FN3O2S. The van der Waals surface area contributed by atoms with Crippen molar-refractivity contribution < 1.29 is 16.8 Å². The Labute approximate surface area is 192 Å². The van der Waals surface area contributed by atoms with Crippen LogP contribution >= 0.6 is 11.3 Å². The lowest BCUT2D eigenvalue weighted by molar-refractivity contribution is 0.251. The van der Waals surface area contributed by atoms with Gasteiger partial charge in [0, 0.05) is 38.8 Å². The van der Waals surface area contributed by atoms with Gasteiger partial charge in [0.2, 0.25) is 0 Å². The van der Waals surface area contributed by atoms with Crippen LogP contribution in [0, 0.1) is 5.82 Å². The maximum absolute atomic E-state index is 14.6. The van der Waals surface area contributed by atoms with Crippen LogP contribution in [-0.4, -0.2) is 17.1 Å². The maximum atomic E-state index is 14.6. The van der Waals surface area contributed by atoms with Crippen molar-refractivity contribution in [3.63, 3.8) is 0 Å². The second-order valence-electron chi connectivity index (χ2n) is 7.15. The Kier molecular flexibility index (Phi) is 6.47. The molecule has 2 amide bonds. The molecule has 32 heavy (non-hydrogen) atoms. The fraction of sp³-hybridized carbons (Fsp3) is 0.120. The zero-order chi connectivity index (χ0) is 22.5. The summed E-state index contributed by atoms with van der Waals surface area (Å²) in [5.74, 6) is 0.419. The normalized spacial score (nSPS) is 16.5. The van der Waals surface area contributed by atoms with Crippen molar-refractivity contribution >= 4 is 33.3 Å². The van der Waals surface area contributed by atoms with Gasteiger partial charge in [-0.05, 0) is 35.6 Å². The molecule has 5 rings (SSSR count). The van der Waals surface area contributed by atoms with Crippen LogP contribution in [-0.2, 0) is 0 Å². The number of hydrogen-bond donors (Lipinski definition) is 2. The molecule has 0 radical (unpaired) electrons. The maximum Gasteiger partial charge on any atom is 0.319 e. The molecule has 2 N–H and O–H groups in total. The average Bonchev–Trinajstić information content (AvgIpc) is 3.39. The number of anilines is 1. The van der Waals surface area contributed by atoms with E-state index in [9.17, 15) is 9.18 Å². The van der Waals surface area contributed by atoms with Crippen molar-refractivity contribution in [3.8, 4) is 11.5 Å². The summed E-state index contributed by atoms with van der Waals surface area (Å²) in [6.07, 6.45) is 2.53. The molecule has 0 saturated heterocycles. The van der Waals surface area contributed by atoms with E-state index in [0.29, 0.717) is 17.4 Å². The monoisotopic (exact) mass is 451 g/mol. The minimum atomic E-state index is -0.553. The van der Waals surface area contributed by atoms with Gasteiger partial charge < -0.3 is 15.4 Å². The van der Waals surface area contributed by atoms with Crippen LogP contribution in [0.5, 0.6) is 11.5 Å². The van der Waals surface area contributed by atoms with Crippen molar-refractivity contribution in [2.45, 2.75) is 18.4 Å². The Morgan fingerprint density at radius 1 is 1.12 bits per heavy atom. The highest BCUT2D eigenvalue weighted by Crippen LogP contribution is 2.40. The molecule has 0 bridgehead atoms. The fourth-order valence-electron chi connectivity index (χ4n) is 3.47. The van der Waals surface area contributed by atoms with Crippen molar-refractivity contribution in [2.24, 2.45) is 0 Å². The number of fused-ring (bicyclic) bond motifs is 1. The number of benzene rings is 2. The smallest absolute Gasteiger partial charge is 0.319 e. The fourth-order valence-corrected chi connectivity index (χ4v) is 4.27. The molecule has 2 aromatic heterocycles. The third-order valence-electron chi connectivity index (χ3n) is 5.05. The molecule has 2 aromatic carbocycles. The van der Waals surface area contributed by atoms with Gasteiger partial charge in [-0.25, -0.2) is 9.18 Å². The number of carbonyl (C=O) groups excluding carboxylic acids is 1. The number of pyridine rings is 1. The van der Waals surface area contributed by atoms with Gasteiger partial charge in [-0.15, -0.1) is 24.5 Å². The van der Waals surface area contributed by atoms with Crippen molar-refractivity contribution in [3.05, 3.63) is 96.8 Å². The molecule has 4 aromatic rings. The Hall–Kier alpha value is -3.71. The zero-order valence-electron chi connectivity index (χ0n) is 17.3. The Balaban J connectivity index is 0.000000995. The SMILES string of the molecule is C=C.O=C(Nc1ccc(Oc2ccnc3ccsc23)c(F)c1)NC1CC1c1ccccc1.[HH].[HH]. The summed E-state index contributed by atoms with van der Waals surface area (Å²) in [7, 11) is 0. The van der Waals surface area contributed by atoms with E-state index in [1.165, 1.54) is 29.0 Å². The van der Waals surface area contributed by atoms with Crippen LogP contribution in [0.25, 0.3) is 10.2 Å². The highest BCUT2D eigenvalue weighted by molar-refractivity contribution is 7.17. The van der Waals surface area contributed by atoms with E-state index >= 15 is 0 Å². The number of amides is 2. The highest BCUT2D eigenvalue weighted by atomic mass is 32.1. The van der Waals surface area contributed by atoms with Crippen molar-refractivity contribution in [1.29, 1.82) is 0 Å². The predicted octanol–water partition coefficient (Wildman–Crippen LogP) is 7.20. The first kappa shape index (κ1) is 21.5. The molecule has 2 atom stereocenters. The number of hydrogen-bond acceptors (Lipinski definition) is 4. The molecule has 5 nitrogen and oxygen atoms in total. The molecule has 0 spiro atoms. The van der Waals surface area contributed by atoms with Crippen LogP contribution in [0.2, 0.25) is 0 Å². The average molecular weight is 452 g/mol. The van der Waals surface area contributed by atoms with Crippen LogP contribution in [0.1, 0.15) is 20.8 Å². The first-order valence-electron chi connectivity index (χ1n) is 10.1. The van der Waals surface area contributed by atoms with E-state index in [1.54, 1.807) is 18.3 Å². The molecule has 1 aliphatic carbocycles. The van der Waals surface area contributed by atoms with Crippen LogP contribution in [0.4, 0.5) is 14.9 Å². The number of halogens is 1. The Morgan fingerprint density at radius 3 is 2.72 bits per heavy atom. The second-order valence-corrected chi connectivity index (χ2v) is 8.07. The molecular weight excluding hydrogens is 425 g/mol. The number of thiophene rings is 1. The van der Waals surface area contributed by atoms with E-state index in [-0.39, 0.29) is 20.7 Å². The third-order valence-corrected chi connectivity index (χ3v) is 5.97. The number of nitrogens with one attached hydrogen (secondary N) is 2. The van der Waals surface area contributed by atoms with E-state index in [4.69, 9.17) is 4.74 Å². The van der Waals surface area contributed by atoms with Gasteiger partial charge in [-0.3, -0.25) is 4.98 Å². The van der Waals surface area contributed by atoms with Gasteiger partial charge in [0.05, 0.1) is 10.2 Å². The van der Waals surface area contributed by atoms with Crippen molar-refractivity contribution in [1.82, 2.24) is 10.3 Å². The summed E-state index contributed by atoms with van der Waals surface area (Å²) in [5.41, 5.74) is 2.39. The summed E-state index contributed by atoms with van der Waals surface area (Å²) in [5, 5.41) is 7.53. The Morgan fingerprint density at radius 2 is 1.94 bits per heavy atom. The zero-order valence-corrected chi connectivity index (χ0v) is 18.1. The molecule has 0 aliphatic heterocycles. The molecule has 2 unspecified atom stereocenters. The predicted molar refractivity (Wildman–Crippen MR) is 131 cm³/mol. The van der Waals surface area contributed by atoms with Gasteiger partial charge in [-0.2, -0.15) is 0 Å². The summed E-state index contributed by atoms with van der Waals surface area (Å²) in [6.45, 7) is 6.00. The quantitative estimate of drug-likeness (QED) is 0.315. The van der Waals surface area contributed by atoms with Gasteiger partial charge >= 0.3 is 6.03 Å². The first-order valence-corrected chi connectivity index (χ1v) is 11.0. The van der Waals surface area contributed by atoms with Crippen LogP contribution in [0.15, 0.2) is 85.4 Å². The van der Waals surface area contributed by atoms with E-state index in [1.807, 2.05) is 29.6 Å². The summed E-state index contributed by atoms with van der Waals surface area (Å²) in [6, 6.07) is 17.8. The number of urea groups is 1. The van der Waals surface area contributed by atoms with Gasteiger partial charge in [0.15, 0.2) is 11.6 Å². The highest BCUT2D eigenvalue weighted by Gasteiger charge is 2.39. The lowest BCUT2D eigenvalue weighted by Crippen LogP contribution is -2.31. The molecule has 7 heteroatoms. The molecule has 1 saturated carbocycles. The van der Waals surface area contributed by atoms with E-state index in [0.717, 1.165) is 16.6 Å². The van der Waals surface area contributed by atoms with Gasteiger partial charge in [0.1, 0.15) is 5.75 Å². The summed E-state index contributed by atoms with van der Waals surface area (Å²) in [4.78, 5) is 16.5. The van der Waals surface area contributed by atoms with Crippen LogP contribution in [0.3, 0.4) is 0 Å². The first-order chi connectivity index (χ1) is 15.7. The standard InChI is InChI=1S/C23H18FN3O2S.C2H4.2H2/c24-17-12-15(26-23(28)27-19-13-16(19)14-4-2-1-3-5-14)6-7-20(17)29-21-8-10-25-18-9-11-30-22(18)21;1-2;;/h1-12,16,19H,13H2,(H2,26,27,28);1-2H2;2*1H. The number of nitrogens with zero attached hydrogens (tertiary/aromatic N) is 1. The lowest BCUT2D eigenvalue weighted by Gasteiger charge is -2.11. The molecule has 2 heterocycles. The minimum Gasteiger partial charge on any atom is -0.453 e. The van der Waals surface area contributed by atoms with E-state index < -0.39 is 5.82 Å².